The Bertz CT molecular complexity index is 1230. The third kappa shape index (κ3) is 5.74. The first-order valence-corrected chi connectivity index (χ1v) is 11.5. The standard InChI is InChI=1S/C27H23NO5S/c1-17-3-5-18(6-4-17)15-23(26(30)32-2)20-9-13-22(14-10-20)33-21-11-7-19(8-12-21)16-24-25(29)28-27(31)34-24/h3-15,24H,16H2,1-2H3,(H,28,29,31)/b23-15-. The Hall–Kier alpha value is -3.84. The Kier molecular flexibility index (Phi) is 7.13. The molecule has 3 aromatic rings. The number of thioether (sulfide) groups is 1. The summed E-state index contributed by atoms with van der Waals surface area (Å²) in [6, 6.07) is 22.5. The maximum absolute atomic E-state index is 12.4. The fraction of sp³-hybridized carbons (Fsp3) is 0.148. The molecule has 1 fully saturated rings. The van der Waals surface area contributed by atoms with Crippen molar-refractivity contribution in [1.82, 2.24) is 5.32 Å². The average Bonchev–Trinajstić information content (AvgIpc) is 3.16. The average molecular weight is 474 g/mol. The molecule has 1 aliphatic rings. The first-order chi connectivity index (χ1) is 16.4. The molecule has 1 heterocycles. The van der Waals surface area contributed by atoms with Gasteiger partial charge < -0.3 is 9.47 Å². The number of rotatable bonds is 7. The number of benzene rings is 3. The van der Waals surface area contributed by atoms with Gasteiger partial charge in [-0.05, 0) is 60.4 Å². The molecule has 1 N–H and O–H groups in total. The first kappa shape index (κ1) is 23.3. The molecule has 2 amide bonds. The van der Waals surface area contributed by atoms with E-state index in [0.717, 1.165) is 34.0 Å². The van der Waals surface area contributed by atoms with E-state index in [1.165, 1.54) is 7.11 Å². The predicted octanol–water partition coefficient (Wildman–Crippen LogP) is 5.40. The van der Waals surface area contributed by atoms with Crippen molar-refractivity contribution in [2.24, 2.45) is 0 Å². The van der Waals surface area contributed by atoms with Crippen LogP contribution in [0.1, 0.15) is 22.3 Å². The molecular weight excluding hydrogens is 450 g/mol. The third-order valence-corrected chi connectivity index (χ3v) is 6.29. The zero-order valence-electron chi connectivity index (χ0n) is 18.7. The number of ether oxygens (including phenoxy) is 2. The van der Waals surface area contributed by atoms with Gasteiger partial charge in [0.2, 0.25) is 5.91 Å². The highest BCUT2D eigenvalue weighted by molar-refractivity contribution is 8.15. The number of carbonyl (C=O) groups is 3. The summed E-state index contributed by atoms with van der Waals surface area (Å²) in [5, 5.41) is 1.59. The number of carbonyl (C=O) groups excluding carboxylic acids is 3. The van der Waals surface area contributed by atoms with Crippen LogP contribution in [0.4, 0.5) is 4.79 Å². The minimum absolute atomic E-state index is 0.252. The van der Waals surface area contributed by atoms with Crippen molar-refractivity contribution < 1.29 is 23.9 Å². The van der Waals surface area contributed by atoms with Gasteiger partial charge in [0.15, 0.2) is 0 Å². The molecule has 0 aliphatic carbocycles. The van der Waals surface area contributed by atoms with Crippen LogP contribution < -0.4 is 10.1 Å². The van der Waals surface area contributed by atoms with Crippen LogP contribution in [-0.2, 0) is 20.7 Å². The first-order valence-electron chi connectivity index (χ1n) is 10.7. The molecule has 172 valence electrons. The highest BCUT2D eigenvalue weighted by Crippen LogP contribution is 2.28. The number of methoxy groups -OCH3 is 1. The van der Waals surface area contributed by atoms with Crippen molar-refractivity contribution in [2.45, 2.75) is 18.6 Å². The van der Waals surface area contributed by atoms with Crippen molar-refractivity contribution >= 4 is 40.5 Å². The summed E-state index contributed by atoms with van der Waals surface area (Å²) in [6.07, 6.45) is 2.27. The Morgan fingerprint density at radius 3 is 2.12 bits per heavy atom. The maximum Gasteiger partial charge on any atom is 0.338 e. The van der Waals surface area contributed by atoms with Crippen LogP contribution in [-0.4, -0.2) is 29.5 Å². The van der Waals surface area contributed by atoms with Crippen LogP contribution in [0.15, 0.2) is 72.8 Å². The van der Waals surface area contributed by atoms with Crippen LogP contribution in [0.25, 0.3) is 11.6 Å². The van der Waals surface area contributed by atoms with Crippen molar-refractivity contribution in [3.63, 3.8) is 0 Å². The van der Waals surface area contributed by atoms with Crippen molar-refractivity contribution in [1.29, 1.82) is 0 Å². The minimum Gasteiger partial charge on any atom is -0.465 e. The molecule has 4 rings (SSSR count). The quantitative estimate of drug-likeness (QED) is 0.281. The van der Waals surface area contributed by atoms with Gasteiger partial charge in [-0.1, -0.05) is 65.9 Å². The normalized spacial score (nSPS) is 15.7. The van der Waals surface area contributed by atoms with Crippen LogP contribution in [0.5, 0.6) is 11.5 Å². The molecule has 1 aliphatic heterocycles. The van der Waals surface area contributed by atoms with E-state index in [4.69, 9.17) is 9.47 Å². The second-order valence-electron chi connectivity index (χ2n) is 7.82. The van der Waals surface area contributed by atoms with Crippen LogP contribution in [0.2, 0.25) is 0 Å². The zero-order chi connectivity index (χ0) is 24.1. The number of hydrogen-bond acceptors (Lipinski definition) is 6. The summed E-state index contributed by atoms with van der Waals surface area (Å²) < 4.78 is 10.9. The van der Waals surface area contributed by atoms with Crippen LogP contribution in [0, 0.1) is 6.92 Å². The summed E-state index contributed by atoms with van der Waals surface area (Å²) in [6.45, 7) is 2.01. The summed E-state index contributed by atoms with van der Waals surface area (Å²) >= 11 is 1.02. The van der Waals surface area contributed by atoms with E-state index in [1.54, 1.807) is 18.2 Å². The second kappa shape index (κ2) is 10.4. The Morgan fingerprint density at radius 2 is 1.56 bits per heavy atom. The predicted molar refractivity (Wildman–Crippen MR) is 133 cm³/mol. The van der Waals surface area contributed by atoms with Gasteiger partial charge in [0.25, 0.3) is 5.24 Å². The fourth-order valence-electron chi connectivity index (χ4n) is 3.47. The number of amides is 2. The lowest BCUT2D eigenvalue weighted by Gasteiger charge is -2.10. The van der Waals surface area contributed by atoms with E-state index in [1.807, 2.05) is 67.6 Å². The lowest BCUT2D eigenvalue weighted by atomic mass is 10.0. The third-order valence-electron chi connectivity index (χ3n) is 5.31. The largest absolute Gasteiger partial charge is 0.465 e. The van der Waals surface area contributed by atoms with Gasteiger partial charge in [-0.2, -0.15) is 0 Å². The smallest absolute Gasteiger partial charge is 0.338 e. The molecule has 0 spiro atoms. The van der Waals surface area contributed by atoms with Crippen molar-refractivity contribution in [3.05, 3.63) is 95.1 Å². The van der Waals surface area contributed by atoms with E-state index in [-0.39, 0.29) is 11.1 Å². The van der Waals surface area contributed by atoms with Gasteiger partial charge >= 0.3 is 5.97 Å². The van der Waals surface area contributed by atoms with Crippen LogP contribution in [0.3, 0.4) is 0 Å². The Balaban J connectivity index is 1.45. The lowest BCUT2D eigenvalue weighted by molar-refractivity contribution is -0.133. The molecule has 0 bridgehead atoms. The molecule has 0 saturated carbocycles. The van der Waals surface area contributed by atoms with Crippen LogP contribution >= 0.6 is 11.8 Å². The van der Waals surface area contributed by atoms with Gasteiger partial charge in [-0.25, -0.2) is 4.79 Å². The van der Waals surface area contributed by atoms with Gasteiger partial charge in [0.05, 0.1) is 17.9 Å². The van der Waals surface area contributed by atoms with Gasteiger partial charge in [-0.3, -0.25) is 14.9 Å². The van der Waals surface area contributed by atoms with E-state index < -0.39 is 11.2 Å². The topological polar surface area (TPSA) is 81.7 Å². The number of hydrogen-bond donors (Lipinski definition) is 1. The summed E-state index contributed by atoms with van der Waals surface area (Å²) in [7, 11) is 1.36. The molecule has 1 unspecified atom stereocenters. The minimum atomic E-state index is -0.416. The molecule has 3 aromatic carbocycles. The zero-order valence-corrected chi connectivity index (χ0v) is 19.6. The molecular formula is C27H23NO5S. The molecule has 7 heteroatoms. The van der Waals surface area contributed by atoms with Crippen molar-refractivity contribution in [2.75, 3.05) is 7.11 Å². The molecule has 6 nitrogen and oxygen atoms in total. The lowest BCUT2D eigenvalue weighted by Crippen LogP contribution is -2.25. The highest BCUT2D eigenvalue weighted by atomic mass is 32.2. The van der Waals surface area contributed by atoms with Gasteiger partial charge in [0, 0.05) is 0 Å². The SMILES string of the molecule is COC(=O)/C(=C\c1ccc(C)cc1)c1ccc(Oc2ccc(CC3SC(=O)NC3=O)cc2)cc1. The Morgan fingerprint density at radius 1 is 0.941 bits per heavy atom. The van der Waals surface area contributed by atoms with E-state index >= 15 is 0 Å². The van der Waals surface area contributed by atoms with Gasteiger partial charge in [-0.15, -0.1) is 0 Å². The van der Waals surface area contributed by atoms with Crippen molar-refractivity contribution in [3.8, 4) is 11.5 Å². The number of esters is 1. The number of imide groups is 1. The highest BCUT2D eigenvalue weighted by Gasteiger charge is 2.31. The molecule has 0 radical (unpaired) electrons. The number of aryl methyl sites for hydroxylation is 1. The molecule has 34 heavy (non-hydrogen) atoms. The number of nitrogens with one attached hydrogen (secondary N) is 1. The molecule has 0 aromatic heterocycles. The Labute approximate surface area is 202 Å². The molecule has 1 saturated heterocycles. The van der Waals surface area contributed by atoms with Gasteiger partial charge in [0.1, 0.15) is 11.5 Å². The summed E-state index contributed by atoms with van der Waals surface area (Å²) in [5.41, 5.74) is 4.16. The summed E-state index contributed by atoms with van der Waals surface area (Å²) in [4.78, 5) is 35.4. The van der Waals surface area contributed by atoms with E-state index in [2.05, 4.69) is 5.32 Å². The fourth-order valence-corrected chi connectivity index (χ4v) is 4.33. The van der Waals surface area contributed by atoms with E-state index in [0.29, 0.717) is 23.5 Å². The maximum atomic E-state index is 12.4. The van der Waals surface area contributed by atoms with E-state index in [9.17, 15) is 14.4 Å². The summed E-state index contributed by atoms with van der Waals surface area (Å²) in [5.74, 6) is 0.589. The molecule has 1 atom stereocenters. The monoisotopic (exact) mass is 473 g/mol. The second-order valence-corrected chi connectivity index (χ2v) is 8.99.